The lowest BCUT2D eigenvalue weighted by atomic mass is 9.69. The van der Waals surface area contributed by atoms with Gasteiger partial charge in [0.1, 0.15) is 6.20 Å². The molecular weight excluding hydrogens is 300 g/mol. The van der Waals surface area contributed by atoms with Crippen LogP contribution in [0, 0.1) is 6.20 Å². The molecule has 0 aliphatic heterocycles. The average molecular weight is 315 g/mol. The Kier molecular flexibility index (Phi) is 3.27. The number of carbonyl (C=O) groups excluding carboxylic acids is 1. The average Bonchev–Trinajstić information content (AvgIpc) is 3.06. The predicted molar refractivity (Wildman–Crippen MR) is 90.2 cm³/mol. The lowest BCUT2D eigenvalue weighted by Crippen LogP contribution is -2.33. The van der Waals surface area contributed by atoms with E-state index in [1.54, 1.807) is 12.4 Å². The molecule has 0 saturated carbocycles. The molecule has 2 N–H and O–H groups in total. The number of allylic oxidation sites excluding steroid dienone is 1. The van der Waals surface area contributed by atoms with E-state index in [9.17, 15) is 4.79 Å². The molecule has 1 aliphatic carbocycles. The summed E-state index contributed by atoms with van der Waals surface area (Å²) in [6.45, 7) is 0. The van der Waals surface area contributed by atoms with Gasteiger partial charge in [0.25, 0.3) is 0 Å². The Bertz CT molecular complexity index is 874. The van der Waals surface area contributed by atoms with Gasteiger partial charge in [0.2, 0.25) is 0 Å². The van der Waals surface area contributed by atoms with Gasteiger partial charge < -0.3 is 5.73 Å². The van der Waals surface area contributed by atoms with Gasteiger partial charge >= 0.3 is 6.03 Å². The van der Waals surface area contributed by atoms with E-state index in [4.69, 9.17) is 5.73 Å². The van der Waals surface area contributed by atoms with Crippen LogP contribution in [0.5, 0.6) is 0 Å². The lowest BCUT2D eigenvalue weighted by molar-refractivity contribution is 0.246. The highest BCUT2D eigenvalue weighted by molar-refractivity contribution is 5.76. The van der Waals surface area contributed by atoms with Crippen molar-refractivity contribution in [1.82, 2.24) is 14.8 Å². The standard InChI is InChI=1S/C19H15N4O/c20-18(24)23-17-12-19(9-6-14(17)13-22-23,15-4-2-1-3-5-15)16-7-10-21-11-8-16/h1-11H,12H2,(H2,20,24). The number of pyridine rings is 1. The summed E-state index contributed by atoms with van der Waals surface area (Å²) in [6.07, 6.45) is 11.1. The number of fused-ring (bicyclic) bond motifs is 1. The van der Waals surface area contributed by atoms with Crippen molar-refractivity contribution in [2.75, 3.05) is 0 Å². The quantitative estimate of drug-likeness (QED) is 0.790. The van der Waals surface area contributed by atoms with Gasteiger partial charge in [-0.1, -0.05) is 42.5 Å². The molecule has 117 valence electrons. The molecule has 1 radical (unpaired) electrons. The van der Waals surface area contributed by atoms with E-state index in [1.165, 1.54) is 4.68 Å². The molecule has 4 rings (SSSR count). The van der Waals surface area contributed by atoms with Gasteiger partial charge in [0.05, 0.1) is 5.69 Å². The van der Waals surface area contributed by atoms with Crippen LogP contribution in [0.4, 0.5) is 4.79 Å². The summed E-state index contributed by atoms with van der Waals surface area (Å²) >= 11 is 0. The number of aromatic nitrogens is 3. The summed E-state index contributed by atoms with van der Waals surface area (Å²) in [4.78, 5) is 15.8. The second kappa shape index (κ2) is 5.45. The van der Waals surface area contributed by atoms with Gasteiger partial charge in [-0.05, 0) is 23.3 Å². The molecule has 5 nitrogen and oxygen atoms in total. The zero-order valence-corrected chi connectivity index (χ0v) is 12.9. The molecule has 1 unspecified atom stereocenters. The van der Waals surface area contributed by atoms with Crippen LogP contribution in [0.3, 0.4) is 0 Å². The van der Waals surface area contributed by atoms with Crippen molar-refractivity contribution in [3.05, 3.63) is 89.5 Å². The topological polar surface area (TPSA) is 73.8 Å². The number of rotatable bonds is 2. The van der Waals surface area contributed by atoms with Crippen molar-refractivity contribution in [2.45, 2.75) is 11.8 Å². The third kappa shape index (κ3) is 2.13. The Hall–Kier alpha value is -3.21. The van der Waals surface area contributed by atoms with Crippen LogP contribution >= 0.6 is 0 Å². The van der Waals surface area contributed by atoms with Gasteiger partial charge in [-0.15, -0.1) is 0 Å². The number of primary amides is 1. The van der Waals surface area contributed by atoms with Crippen LogP contribution in [0.2, 0.25) is 0 Å². The fourth-order valence-electron chi connectivity index (χ4n) is 3.33. The number of amides is 1. The van der Waals surface area contributed by atoms with Crippen LogP contribution in [0.25, 0.3) is 6.08 Å². The van der Waals surface area contributed by atoms with Crippen LogP contribution < -0.4 is 5.73 Å². The molecule has 0 saturated heterocycles. The monoisotopic (exact) mass is 315 g/mol. The molecule has 2 aromatic heterocycles. The summed E-state index contributed by atoms with van der Waals surface area (Å²) < 4.78 is 1.23. The maximum absolute atomic E-state index is 11.7. The van der Waals surface area contributed by atoms with Gasteiger partial charge in [-0.3, -0.25) is 4.98 Å². The van der Waals surface area contributed by atoms with E-state index in [1.807, 2.05) is 36.4 Å². The first kappa shape index (κ1) is 14.4. The fraction of sp³-hybridized carbons (Fsp3) is 0.105. The molecule has 2 heterocycles. The minimum absolute atomic E-state index is 0.404. The SMILES string of the molecule is NC(=O)n1n[c]c2c1CC(c1ccccc1)(c1ccncc1)C=C2. The summed E-state index contributed by atoms with van der Waals surface area (Å²) in [6, 6.07) is 13.6. The van der Waals surface area contributed by atoms with E-state index < -0.39 is 11.4 Å². The van der Waals surface area contributed by atoms with Crippen molar-refractivity contribution in [3.8, 4) is 0 Å². The highest BCUT2D eigenvalue weighted by atomic mass is 16.2. The Labute approximate surface area is 139 Å². The molecule has 1 amide bonds. The van der Waals surface area contributed by atoms with Crippen molar-refractivity contribution < 1.29 is 4.79 Å². The minimum Gasteiger partial charge on any atom is -0.350 e. The van der Waals surface area contributed by atoms with Crippen LogP contribution in [0.1, 0.15) is 22.4 Å². The molecule has 1 aliphatic rings. The van der Waals surface area contributed by atoms with E-state index in [-0.39, 0.29) is 0 Å². The first-order chi connectivity index (χ1) is 11.7. The van der Waals surface area contributed by atoms with Gasteiger partial charge in [0, 0.05) is 29.8 Å². The van der Waals surface area contributed by atoms with Crippen molar-refractivity contribution in [3.63, 3.8) is 0 Å². The summed E-state index contributed by atoms with van der Waals surface area (Å²) in [5.74, 6) is 0. The molecule has 3 aromatic rings. The summed E-state index contributed by atoms with van der Waals surface area (Å²) in [7, 11) is 0. The second-order valence-electron chi connectivity index (χ2n) is 5.81. The zero-order valence-electron chi connectivity index (χ0n) is 12.9. The molecule has 0 fully saturated rings. The van der Waals surface area contributed by atoms with E-state index in [0.29, 0.717) is 6.42 Å². The van der Waals surface area contributed by atoms with Gasteiger partial charge in [-0.25, -0.2) is 4.79 Å². The van der Waals surface area contributed by atoms with Crippen molar-refractivity contribution in [1.29, 1.82) is 0 Å². The Morgan fingerprint density at radius 3 is 2.54 bits per heavy atom. The fourth-order valence-corrected chi connectivity index (χ4v) is 3.33. The maximum atomic E-state index is 11.7. The Morgan fingerprint density at radius 1 is 1.12 bits per heavy atom. The van der Waals surface area contributed by atoms with Crippen molar-refractivity contribution >= 4 is 12.1 Å². The normalized spacial score (nSPS) is 19.0. The first-order valence-corrected chi connectivity index (χ1v) is 7.65. The number of nitrogens with two attached hydrogens (primary N) is 1. The molecule has 0 bridgehead atoms. The van der Waals surface area contributed by atoms with Crippen LogP contribution in [-0.2, 0) is 11.8 Å². The highest BCUT2D eigenvalue weighted by Gasteiger charge is 2.37. The number of hydrogen-bond donors (Lipinski definition) is 1. The number of hydrogen-bond acceptors (Lipinski definition) is 3. The van der Waals surface area contributed by atoms with Crippen molar-refractivity contribution in [2.24, 2.45) is 5.73 Å². The molecule has 0 spiro atoms. The second-order valence-corrected chi connectivity index (χ2v) is 5.81. The largest absolute Gasteiger partial charge is 0.350 e. The Balaban J connectivity index is 1.93. The summed E-state index contributed by atoms with van der Waals surface area (Å²) in [5, 5.41) is 4.00. The van der Waals surface area contributed by atoms with Gasteiger partial charge in [-0.2, -0.15) is 9.78 Å². The number of carbonyl (C=O) groups is 1. The highest BCUT2D eigenvalue weighted by Crippen LogP contribution is 2.41. The van der Waals surface area contributed by atoms with E-state index >= 15 is 0 Å². The predicted octanol–water partition coefficient (Wildman–Crippen LogP) is 2.56. The molecule has 24 heavy (non-hydrogen) atoms. The third-order valence-electron chi connectivity index (χ3n) is 4.51. The van der Waals surface area contributed by atoms with Crippen LogP contribution in [-0.4, -0.2) is 20.8 Å². The van der Waals surface area contributed by atoms with Crippen LogP contribution in [0.15, 0.2) is 60.9 Å². The molecule has 1 atom stereocenters. The van der Waals surface area contributed by atoms with E-state index in [2.05, 4.69) is 34.5 Å². The van der Waals surface area contributed by atoms with E-state index in [0.717, 1.165) is 22.4 Å². The molecule has 5 heteroatoms. The first-order valence-electron chi connectivity index (χ1n) is 7.65. The number of nitrogens with zero attached hydrogens (tertiary/aromatic N) is 3. The lowest BCUT2D eigenvalue weighted by Gasteiger charge is -2.34. The minimum atomic E-state index is -0.598. The van der Waals surface area contributed by atoms with Gasteiger partial charge in [0.15, 0.2) is 0 Å². The summed E-state index contributed by atoms with van der Waals surface area (Å²) in [5.41, 5.74) is 8.86. The molecule has 1 aromatic carbocycles. The number of benzene rings is 1. The molecular formula is C19H15N4O. The third-order valence-corrected chi connectivity index (χ3v) is 4.51. The zero-order chi connectivity index (χ0) is 16.6. The smallest absolute Gasteiger partial charge is 0.339 e. The maximum Gasteiger partial charge on any atom is 0.339 e. The Morgan fingerprint density at radius 2 is 1.83 bits per heavy atom.